The fraction of sp³-hybridized carbons (Fsp3) is 0. The van der Waals surface area contributed by atoms with E-state index in [-0.39, 0.29) is 0 Å². The second-order valence-corrected chi connectivity index (χ2v) is 21.6. The lowest BCUT2D eigenvalue weighted by Crippen LogP contribution is -2.00. The Bertz CT molecular complexity index is 4860. The van der Waals surface area contributed by atoms with Crippen molar-refractivity contribution < 1.29 is 0 Å². The largest absolute Gasteiger partial charge is 0.309 e. The van der Waals surface area contributed by atoms with Crippen molar-refractivity contribution >= 4 is 21.8 Å². The van der Waals surface area contributed by atoms with Crippen LogP contribution >= 0.6 is 0 Å². The van der Waals surface area contributed by atoms with E-state index in [1.165, 1.54) is 60.8 Å². The summed E-state index contributed by atoms with van der Waals surface area (Å²) in [5.41, 5.74) is 24.7. The summed E-state index contributed by atoms with van der Waals surface area (Å²) < 4.78 is 2.36. The standard InChI is InChI=1S/C81H54N4/c1-3-17-55(18-4-1)63-21-11-23-65(49-63)57-37-39-58(40-38-57)66-24-12-25-67(50-66)59-41-45-61(46-42-59)79-82-80(62-47-43-60(44-48-62)72-30-16-32-74(54-72)85-77-35-9-7-33-75(77)76-34-8-10-36-78(76)85)84-81(83-79)73-31-15-29-71(53-73)70-28-14-27-69(52-70)68-26-13-22-64(51-68)56-19-5-2-6-20-56/h1-54H. The first kappa shape index (κ1) is 50.6. The maximum Gasteiger partial charge on any atom is 0.164 e. The summed E-state index contributed by atoms with van der Waals surface area (Å²) in [6.07, 6.45) is 0. The van der Waals surface area contributed by atoms with Gasteiger partial charge in [-0.1, -0.05) is 273 Å². The number of hydrogen-bond acceptors (Lipinski definition) is 3. The predicted molar refractivity (Wildman–Crippen MR) is 354 cm³/mol. The summed E-state index contributed by atoms with van der Waals surface area (Å²) in [7, 11) is 0. The maximum absolute atomic E-state index is 5.26. The van der Waals surface area contributed by atoms with E-state index in [0.717, 1.165) is 72.4 Å². The molecule has 0 spiro atoms. The molecule has 0 saturated carbocycles. The number of nitrogens with zero attached hydrogens (tertiary/aromatic N) is 4. The molecular formula is C81H54N4. The minimum absolute atomic E-state index is 0.600. The van der Waals surface area contributed by atoms with Crippen LogP contribution < -0.4 is 0 Å². The first-order valence-electron chi connectivity index (χ1n) is 28.9. The summed E-state index contributed by atoms with van der Waals surface area (Å²) in [6.45, 7) is 0. The van der Waals surface area contributed by atoms with Crippen LogP contribution in [0.3, 0.4) is 0 Å². The molecule has 0 atom stereocenters. The van der Waals surface area contributed by atoms with Crippen LogP contribution in [0.2, 0.25) is 0 Å². The highest BCUT2D eigenvalue weighted by molar-refractivity contribution is 6.09. The second kappa shape index (κ2) is 22.2. The summed E-state index contributed by atoms with van der Waals surface area (Å²) in [6, 6.07) is 117. The second-order valence-electron chi connectivity index (χ2n) is 21.6. The number of benzene rings is 13. The van der Waals surface area contributed by atoms with Crippen LogP contribution in [0.15, 0.2) is 328 Å². The molecule has 0 amide bonds. The maximum atomic E-state index is 5.26. The average molecular weight is 1080 g/mol. The SMILES string of the molecule is c1ccc(-c2cccc(-c3ccc(-c4cccc(-c5ccc(-c6nc(-c7ccc(-c8cccc(-n9c%10ccccc%10c%10ccccc%109)c8)cc7)nc(-c7cccc(-c8cccc(-c9cccc(-c%10ccccc%10)c9)c8)c7)n6)cc5)c4)cc3)c2)cc1. The highest BCUT2D eigenvalue weighted by Crippen LogP contribution is 2.37. The van der Waals surface area contributed by atoms with Gasteiger partial charge in [0.15, 0.2) is 17.5 Å². The topological polar surface area (TPSA) is 43.6 Å². The Morgan fingerprint density at radius 3 is 0.765 bits per heavy atom. The molecule has 13 aromatic carbocycles. The molecular weight excluding hydrogens is 1030 g/mol. The molecule has 0 aliphatic carbocycles. The van der Waals surface area contributed by atoms with Crippen LogP contribution in [0.4, 0.5) is 0 Å². The van der Waals surface area contributed by atoms with E-state index in [1.54, 1.807) is 0 Å². The van der Waals surface area contributed by atoms with Gasteiger partial charge in [-0.3, -0.25) is 0 Å². The Morgan fingerprint density at radius 1 is 0.165 bits per heavy atom. The monoisotopic (exact) mass is 1080 g/mol. The molecule has 4 heteroatoms. The van der Waals surface area contributed by atoms with Crippen LogP contribution in [-0.2, 0) is 0 Å². The molecule has 4 nitrogen and oxygen atoms in total. The van der Waals surface area contributed by atoms with E-state index in [0.29, 0.717) is 17.5 Å². The zero-order valence-corrected chi connectivity index (χ0v) is 46.5. The van der Waals surface area contributed by atoms with E-state index >= 15 is 0 Å². The lowest BCUT2D eigenvalue weighted by Gasteiger charge is -2.12. The van der Waals surface area contributed by atoms with E-state index in [4.69, 9.17) is 15.0 Å². The fourth-order valence-electron chi connectivity index (χ4n) is 11.9. The number of fused-ring (bicyclic) bond motifs is 3. The van der Waals surface area contributed by atoms with Crippen molar-refractivity contribution in [1.82, 2.24) is 19.5 Å². The normalized spacial score (nSPS) is 11.3. The lowest BCUT2D eigenvalue weighted by molar-refractivity contribution is 1.07. The first-order chi connectivity index (χ1) is 42.1. The van der Waals surface area contributed by atoms with Gasteiger partial charge in [0, 0.05) is 33.2 Å². The van der Waals surface area contributed by atoms with Gasteiger partial charge < -0.3 is 4.57 Å². The minimum Gasteiger partial charge on any atom is -0.309 e. The molecule has 0 fully saturated rings. The highest BCUT2D eigenvalue weighted by atomic mass is 15.0. The van der Waals surface area contributed by atoms with Crippen LogP contribution in [-0.4, -0.2) is 19.5 Å². The molecule has 0 aliphatic rings. The third-order valence-corrected chi connectivity index (χ3v) is 16.3. The van der Waals surface area contributed by atoms with Gasteiger partial charge in [0.1, 0.15) is 0 Å². The van der Waals surface area contributed by atoms with Gasteiger partial charge in [0.05, 0.1) is 11.0 Å². The molecule has 15 rings (SSSR count). The summed E-state index contributed by atoms with van der Waals surface area (Å²) >= 11 is 0. The van der Waals surface area contributed by atoms with Gasteiger partial charge in [0.25, 0.3) is 0 Å². The van der Waals surface area contributed by atoms with Crippen molar-refractivity contribution in [3.63, 3.8) is 0 Å². The Hall–Kier alpha value is -11.3. The number of aromatic nitrogens is 4. The van der Waals surface area contributed by atoms with Gasteiger partial charge >= 0.3 is 0 Å². The highest BCUT2D eigenvalue weighted by Gasteiger charge is 2.17. The van der Waals surface area contributed by atoms with Crippen molar-refractivity contribution in [1.29, 1.82) is 0 Å². The van der Waals surface area contributed by atoms with Gasteiger partial charge in [-0.25, -0.2) is 15.0 Å². The van der Waals surface area contributed by atoms with E-state index in [1.807, 2.05) is 0 Å². The molecule has 0 N–H and O–H groups in total. The third kappa shape index (κ3) is 10.2. The zero-order chi connectivity index (χ0) is 56.5. The zero-order valence-electron chi connectivity index (χ0n) is 46.5. The van der Waals surface area contributed by atoms with Crippen LogP contribution in [0.1, 0.15) is 0 Å². The van der Waals surface area contributed by atoms with Crippen LogP contribution in [0.25, 0.3) is 151 Å². The summed E-state index contributed by atoms with van der Waals surface area (Å²) in [5, 5.41) is 2.48. The van der Waals surface area contributed by atoms with Gasteiger partial charge in [0.2, 0.25) is 0 Å². The van der Waals surface area contributed by atoms with Crippen molar-refractivity contribution in [2.75, 3.05) is 0 Å². The molecule has 398 valence electrons. The minimum atomic E-state index is 0.600. The molecule has 0 saturated heterocycles. The smallest absolute Gasteiger partial charge is 0.164 e. The number of para-hydroxylation sites is 2. The Balaban J connectivity index is 0.756. The Kier molecular flexibility index (Phi) is 13.2. The van der Waals surface area contributed by atoms with Crippen LogP contribution in [0, 0.1) is 0 Å². The van der Waals surface area contributed by atoms with Crippen LogP contribution in [0.5, 0.6) is 0 Å². The quantitative estimate of drug-likeness (QED) is 0.122. The lowest BCUT2D eigenvalue weighted by atomic mass is 9.95. The van der Waals surface area contributed by atoms with Gasteiger partial charge in [-0.05, 0) is 144 Å². The molecule has 2 heterocycles. The molecule has 0 unspecified atom stereocenters. The summed E-state index contributed by atoms with van der Waals surface area (Å²) in [4.78, 5) is 15.8. The summed E-state index contributed by atoms with van der Waals surface area (Å²) in [5.74, 6) is 1.80. The van der Waals surface area contributed by atoms with Crippen molar-refractivity contribution in [3.05, 3.63) is 328 Å². The van der Waals surface area contributed by atoms with Crippen molar-refractivity contribution in [3.8, 4) is 129 Å². The Morgan fingerprint density at radius 2 is 0.400 bits per heavy atom. The molecule has 0 aliphatic heterocycles. The molecule has 15 aromatic rings. The fourth-order valence-corrected chi connectivity index (χ4v) is 11.9. The molecule has 0 bridgehead atoms. The van der Waals surface area contributed by atoms with Gasteiger partial charge in [-0.15, -0.1) is 0 Å². The third-order valence-electron chi connectivity index (χ3n) is 16.3. The average Bonchev–Trinajstić information content (AvgIpc) is 2.70. The number of hydrogen-bond donors (Lipinski definition) is 0. The van der Waals surface area contributed by atoms with Gasteiger partial charge in [-0.2, -0.15) is 0 Å². The van der Waals surface area contributed by atoms with E-state index in [2.05, 4.69) is 332 Å². The molecule has 85 heavy (non-hydrogen) atoms. The molecule has 0 radical (unpaired) electrons. The van der Waals surface area contributed by atoms with Crippen molar-refractivity contribution in [2.24, 2.45) is 0 Å². The Labute approximate surface area is 495 Å². The van der Waals surface area contributed by atoms with Crippen molar-refractivity contribution in [2.45, 2.75) is 0 Å². The number of rotatable bonds is 12. The first-order valence-corrected chi connectivity index (χ1v) is 28.9. The molecule has 2 aromatic heterocycles. The van der Waals surface area contributed by atoms with E-state index < -0.39 is 0 Å². The van der Waals surface area contributed by atoms with E-state index in [9.17, 15) is 0 Å². The predicted octanol–water partition coefficient (Wildman–Crippen LogP) is 21.3.